The molecular weight excluding hydrogens is 276 g/mol. The lowest BCUT2D eigenvalue weighted by atomic mass is 10.0. The minimum atomic E-state index is -1.46. The summed E-state index contributed by atoms with van der Waals surface area (Å²) in [5, 5.41) is 14.3. The molecule has 2 N–H and O–H groups in total. The number of hydrogen-bond acceptors (Lipinski definition) is 3. The van der Waals surface area contributed by atoms with Gasteiger partial charge in [-0.05, 0) is 32.8 Å². The van der Waals surface area contributed by atoms with E-state index in [9.17, 15) is 9.90 Å². The van der Waals surface area contributed by atoms with Gasteiger partial charge in [0, 0.05) is 10.6 Å². The molecule has 0 heterocycles. The van der Waals surface area contributed by atoms with Crippen LogP contribution in [0.25, 0.3) is 0 Å². The summed E-state index contributed by atoms with van der Waals surface area (Å²) in [7, 11) is 0. The monoisotopic (exact) mass is 296 g/mol. The number of benzene rings is 1. The SMILES string of the molecule is CCCC/C(=N/NC(=O)C(C)(C)O)c1ccccc1Cl. The van der Waals surface area contributed by atoms with E-state index >= 15 is 0 Å². The zero-order valence-electron chi connectivity index (χ0n) is 12.1. The molecule has 0 spiro atoms. The van der Waals surface area contributed by atoms with E-state index in [0.717, 1.165) is 24.1 Å². The van der Waals surface area contributed by atoms with Gasteiger partial charge in [-0.15, -0.1) is 0 Å². The number of aliphatic hydroxyl groups is 1. The highest BCUT2D eigenvalue weighted by molar-refractivity contribution is 6.34. The Morgan fingerprint density at radius 1 is 1.40 bits per heavy atom. The molecule has 0 bridgehead atoms. The lowest BCUT2D eigenvalue weighted by Gasteiger charge is -2.15. The predicted octanol–water partition coefficient (Wildman–Crippen LogP) is 3.12. The van der Waals surface area contributed by atoms with Gasteiger partial charge in [-0.1, -0.05) is 43.1 Å². The highest BCUT2D eigenvalue weighted by atomic mass is 35.5. The number of rotatable bonds is 6. The molecule has 0 aliphatic carbocycles. The molecule has 0 aromatic heterocycles. The third-order valence-corrected chi connectivity index (χ3v) is 3.13. The topological polar surface area (TPSA) is 61.7 Å². The number of carbonyl (C=O) groups is 1. The third kappa shape index (κ3) is 4.94. The smallest absolute Gasteiger partial charge is 0.271 e. The average molecular weight is 297 g/mol. The van der Waals surface area contributed by atoms with Crippen LogP contribution in [0.15, 0.2) is 29.4 Å². The fraction of sp³-hybridized carbons (Fsp3) is 0.467. The number of nitrogens with one attached hydrogen (secondary N) is 1. The van der Waals surface area contributed by atoms with Crippen molar-refractivity contribution in [2.24, 2.45) is 5.10 Å². The van der Waals surface area contributed by atoms with Gasteiger partial charge in [0.25, 0.3) is 5.91 Å². The van der Waals surface area contributed by atoms with Crippen molar-refractivity contribution in [1.82, 2.24) is 5.43 Å². The van der Waals surface area contributed by atoms with E-state index in [0.29, 0.717) is 11.4 Å². The van der Waals surface area contributed by atoms with Crippen molar-refractivity contribution in [2.75, 3.05) is 0 Å². The molecule has 0 radical (unpaired) electrons. The number of carbonyl (C=O) groups excluding carboxylic acids is 1. The van der Waals surface area contributed by atoms with Crippen molar-refractivity contribution in [1.29, 1.82) is 0 Å². The molecule has 4 nitrogen and oxygen atoms in total. The van der Waals surface area contributed by atoms with Gasteiger partial charge in [0.2, 0.25) is 0 Å². The molecule has 1 amide bonds. The second-order valence-electron chi connectivity index (χ2n) is 5.14. The maximum atomic E-state index is 11.7. The number of nitrogens with zero attached hydrogens (tertiary/aromatic N) is 1. The fourth-order valence-electron chi connectivity index (χ4n) is 1.55. The number of halogens is 1. The molecule has 0 fully saturated rings. The largest absolute Gasteiger partial charge is 0.381 e. The van der Waals surface area contributed by atoms with Crippen LogP contribution >= 0.6 is 11.6 Å². The molecule has 1 aromatic carbocycles. The Bertz CT molecular complexity index is 493. The first-order chi connectivity index (χ1) is 9.36. The molecule has 5 heteroatoms. The van der Waals surface area contributed by atoms with E-state index in [1.807, 2.05) is 18.2 Å². The molecule has 0 saturated heterocycles. The van der Waals surface area contributed by atoms with Crippen LogP contribution in [0.1, 0.15) is 45.6 Å². The van der Waals surface area contributed by atoms with Crippen molar-refractivity contribution in [3.05, 3.63) is 34.9 Å². The predicted molar refractivity (Wildman–Crippen MR) is 82.0 cm³/mol. The Labute approximate surface area is 124 Å². The van der Waals surface area contributed by atoms with Crippen molar-refractivity contribution >= 4 is 23.2 Å². The van der Waals surface area contributed by atoms with Crippen LogP contribution in [0.3, 0.4) is 0 Å². The fourth-order valence-corrected chi connectivity index (χ4v) is 1.79. The van der Waals surface area contributed by atoms with Crippen LogP contribution < -0.4 is 5.43 Å². The zero-order chi connectivity index (χ0) is 15.2. The summed E-state index contributed by atoms with van der Waals surface area (Å²) in [6, 6.07) is 7.38. The van der Waals surface area contributed by atoms with Crippen LogP contribution in [-0.4, -0.2) is 22.3 Å². The Morgan fingerprint density at radius 3 is 2.60 bits per heavy atom. The molecule has 20 heavy (non-hydrogen) atoms. The Morgan fingerprint density at radius 2 is 2.05 bits per heavy atom. The first kappa shape index (κ1) is 16.7. The van der Waals surface area contributed by atoms with Crippen molar-refractivity contribution in [2.45, 2.75) is 45.6 Å². The molecule has 0 saturated carbocycles. The van der Waals surface area contributed by atoms with Gasteiger partial charge in [0.1, 0.15) is 5.60 Å². The van der Waals surface area contributed by atoms with E-state index in [1.165, 1.54) is 13.8 Å². The molecule has 0 unspecified atom stereocenters. The molecule has 1 rings (SSSR count). The highest BCUT2D eigenvalue weighted by Crippen LogP contribution is 2.18. The first-order valence-electron chi connectivity index (χ1n) is 6.70. The van der Waals surface area contributed by atoms with Gasteiger partial charge < -0.3 is 5.11 Å². The van der Waals surface area contributed by atoms with E-state index in [-0.39, 0.29) is 0 Å². The maximum absolute atomic E-state index is 11.7. The highest BCUT2D eigenvalue weighted by Gasteiger charge is 2.23. The van der Waals surface area contributed by atoms with Crippen LogP contribution in [0, 0.1) is 0 Å². The summed E-state index contributed by atoms with van der Waals surface area (Å²) in [6.07, 6.45) is 2.68. The maximum Gasteiger partial charge on any atom is 0.271 e. The van der Waals surface area contributed by atoms with Crippen LogP contribution in [0.4, 0.5) is 0 Å². The number of unbranched alkanes of at least 4 members (excludes halogenated alkanes) is 1. The Balaban J connectivity index is 2.95. The molecule has 0 atom stereocenters. The Hall–Kier alpha value is -1.39. The summed E-state index contributed by atoms with van der Waals surface area (Å²) in [4.78, 5) is 11.7. The lowest BCUT2D eigenvalue weighted by molar-refractivity contribution is -0.136. The average Bonchev–Trinajstić information content (AvgIpc) is 2.38. The second-order valence-corrected chi connectivity index (χ2v) is 5.55. The quantitative estimate of drug-likeness (QED) is 0.626. The van der Waals surface area contributed by atoms with Gasteiger partial charge >= 0.3 is 0 Å². The molecule has 0 aliphatic heterocycles. The number of hydrogen-bond donors (Lipinski definition) is 2. The van der Waals surface area contributed by atoms with Gasteiger partial charge in [-0.25, -0.2) is 5.43 Å². The van der Waals surface area contributed by atoms with Gasteiger partial charge in [-0.2, -0.15) is 5.10 Å². The number of hydrazone groups is 1. The summed E-state index contributed by atoms with van der Waals surface area (Å²) in [5.41, 5.74) is 2.46. The summed E-state index contributed by atoms with van der Waals surface area (Å²) in [5.74, 6) is -0.543. The normalized spacial score (nSPS) is 12.3. The van der Waals surface area contributed by atoms with Gasteiger partial charge in [0.05, 0.1) is 5.71 Å². The van der Waals surface area contributed by atoms with Crippen LogP contribution in [0.2, 0.25) is 5.02 Å². The minimum Gasteiger partial charge on any atom is -0.381 e. The van der Waals surface area contributed by atoms with Gasteiger partial charge in [-0.3, -0.25) is 4.79 Å². The number of amides is 1. The van der Waals surface area contributed by atoms with E-state index < -0.39 is 11.5 Å². The van der Waals surface area contributed by atoms with Gasteiger partial charge in [0.15, 0.2) is 0 Å². The lowest BCUT2D eigenvalue weighted by Crippen LogP contribution is -2.40. The second kappa shape index (κ2) is 7.41. The summed E-state index contributed by atoms with van der Waals surface area (Å²) in [6.45, 7) is 4.91. The first-order valence-corrected chi connectivity index (χ1v) is 7.08. The third-order valence-electron chi connectivity index (χ3n) is 2.80. The molecule has 0 aliphatic rings. The van der Waals surface area contributed by atoms with Crippen LogP contribution in [-0.2, 0) is 4.79 Å². The summed E-state index contributed by atoms with van der Waals surface area (Å²) < 4.78 is 0. The molecule has 110 valence electrons. The van der Waals surface area contributed by atoms with Crippen LogP contribution in [0.5, 0.6) is 0 Å². The van der Waals surface area contributed by atoms with Crippen molar-refractivity contribution in [3.63, 3.8) is 0 Å². The zero-order valence-corrected chi connectivity index (χ0v) is 12.9. The summed E-state index contributed by atoms with van der Waals surface area (Å²) >= 11 is 6.16. The molecule has 1 aromatic rings. The van der Waals surface area contributed by atoms with Crippen molar-refractivity contribution in [3.8, 4) is 0 Å². The van der Waals surface area contributed by atoms with E-state index in [1.54, 1.807) is 6.07 Å². The molecular formula is C15H21ClN2O2. The standard InChI is InChI=1S/C15H21ClN2O2/c1-4-5-10-13(11-8-6-7-9-12(11)16)17-18-14(19)15(2,3)20/h6-9,20H,4-5,10H2,1-3H3,(H,18,19)/b17-13-. The minimum absolute atomic E-state index is 0.543. The van der Waals surface area contributed by atoms with E-state index in [2.05, 4.69) is 17.5 Å². The van der Waals surface area contributed by atoms with E-state index in [4.69, 9.17) is 11.6 Å². The Kier molecular flexibility index (Phi) is 6.17. The van der Waals surface area contributed by atoms with Crippen molar-refractivity contribution < 1.29 is 9.90 Å².